The number of hydrogen-bond acceptors (Lipinski definition) is 3. The summed E-state index contributed by atoms with van der Waals surface area (Å²) >= 11 is 0. The minimum Gasteiger partial charge on any atom is -0.339 e. The predicted molar refractivity (Wildman–Crippen MR) is 104 cm³/mol. The minimum absolute atomic E-state index is 0.0485. The number of anilines is 1. The van der Waals surface area contributed by atoms with Crippen LogP contribution < -0.4 is 5.32 Å². The molecule has 2 amide bonds. The number of likely N-dealkylation sites (tertiary alicyclic amines) is 1. The first kappa shape index (κ1) is 17.3. The Hall–Kier alpha value is -3.15. The Labute approximate surface area is 157 Å². The Morgan fingerprint density at radius 1 is 1.19 bits per heavy atom. The van der Waals surface area contributed by atoms with Crippen molar-refractivity contribution in [2.24, 2.45) is 5.92 Å². The molecule has 27 heavy (non-hydrogen) atoms. The Balaban J connectivity index is 1.45. The normalized spacial score (nSPS) is 17.1. The first-order valence-corrected chi connectivity index (χ1v) is 9.16. The van der Waals surface area contributed by atoms with Crippen LogP contribution in [0, 0.1) is 5.92 Å². The number of pyridine rings is 1. The van der Waals surface area contributed by atoms with Crippen LogP contribution in [0.1, 0.15) is 20.3 Å². The van der Waals surface area contributed by atoms with Gasteiger partial charge in [0.2, 0.25) is 11.8 Å². The summed E-state index contributed by atoms with van der Waals surface area (Å²) in [7, 11) is 0. The van der Waals surface area contributed by atoms with Crippen LogP contribution in [-0.2, 0) is 9.59 Å². The third-order valence-electron chi connectivity index (χ3n) is 4.96. The monoisotopic (exact) mass is 362 g/mol. The number of carbonyl (C=O) groups excluding carboxylic acids is 2. The number of nitrogens with one attached hydrogen (secondary N) is 1. The number of amides is 2. The summed E-state index contributed by atoms with van der Waals surface area (Å²) in [5.74, 6) is -0.350. The topological polar surface area (TPSA) is 66.7 Å². The lowest BCUT2D eigenvalue weighted by molar-refractivity contribution is -0.129. The average Bonchev–Trinajstić information content (AvgIpc) is 3.26. The SMILES string of the molecule is CC(C)N1C[C@H](C(=O)Nc2ccc(-c3cn4ccccc4n3)cc2)CC1=O. The van der Waals surface area contributed by atoms with Crippen LogP contribution in [0.3, 0.4) is 0 Å². The summed E-state index contributed by atoms with van der Waals surface area (Å²) in [5.41, 5.74) is 3.49. The molecule has 3 heterocycles. The molecule has 1 saturated heterocycles. The van der Waals surface area contributed by atoms with E-state index in [2.05, 4.69) is 10.3 Å². The van der Waals surface area contributed by atoms with Gasteiger partial charge in [-0.05, 0) is 38.1 Å². The summed E-state index contributed by atoms with van der Waals surface area (Å²) in [6.07, 6.45) is 4.22. The van der Waals surface area contributed by atoms with Crippen molar-refractivity contribution >= 4 is 23.1 Å². The maximum atomic E-state index is 12.5. The molecule has 138 valence electrons. The Kier molecular flexibility index (Phi) is 4.39. The molecule has 1 atom stereocenters. The lowest BCUT2D eigenvalue weighted by Crippen LogP contribution is -2.33. The molecule has 1 N–H and O–H groups in total. The number of benzene rings is 1. The molecule has 6 nitrogen and oxygen atoms in total. The van der Waals surface area contributed by atoms with Crippen LogP contribution in [-0.4, -0.2) is 38.7 Å². The zero-order valence-corrected chi connectivity index (χ0v) is 15.4. The second-order valence-corrected chi connectivity index (χ2v) is 7.20. The summed E-state index contributed by atoms with van der Waals surface area (Å²) in [6, 6.07) is 13.6. The van der Waals surface area contributed by atoms with Gasteiger partial charge < -0.3 is 14.6 Å². The first-order valence-electron chi connectivity index (χ1n) is 9.16. The minimum atomic E-state index is -0.294. The van der Waals surface area contributed by atoms with Gasteiger partial charge in [-0.15, -0.1) is 0 Å². The van der Waals surface area contributed by atoms with E-state index in [1.807, 2.05) is 73.1 Å². The number of fused-ring (bicyclic) bond motifs is 1. The number of imidazole rings is 1. The largest absolute Gasteiger partial charge is 0.339 e. The van der Waals surface area contributed by atoms with E-state index in [1.165, 1.54) is 0 Å². The molecule has 2 aromatic heterocycles. The third kappa shape index (κ3) is 3.43. The molecule has 0 bridgehead atoms. The van der Waals surface area contributed by atoms with Crippen molar-refractivity contribution in [2.75, 3.05) is 11.9 Å². The Bertz CT molecular complexity index is 958. The molecular formula is C21H22N4O2. The van der Waals surface area contributed by atoms with Gasteiger partial charge in [0.05, 0.1) is 11.6 Å². The number of nitrogens with zero attached hydrogens (tertiary/aromatic N) is 3. The van der Waals surface area contributed by atoms with Crippen molar-refractivity contribution in [3.63, 3.8) is 0 Å². The van der Waals surface area contributed by atoms with Crippen LogP contribution >= 0.6 is 0 Å². The van der Waals surface area contributed by atoms with Crippen molar-refractivity contribution in [2.45, 2.75) is 26.3 Å². The molecule has 0 unspecified atom stereocenters. The molecule has 1 aliphatic heterocycles. The van der Waals surface area contributed by atoms with Crippen molar-refractivity contribution < 1.29 is 9.59 Å². The smallest absolute Gasteiger partial charge is 0.229 e. The maximum absolute atomic E-state index is 12.5. The second-order valence-electron chi connectivity index (χ2n) is 7.20. The lowest BCUT2D eigenvalue weighted by atomic mass is 10.1. The van der Waals surface area contributed by atoms with E-state index < -0.39 is 0 Å². The van der Waals surface area contributed by atoms with E-state index in [0.29, 0.717) is 6.54 Å². The fourth-order valence-electron chi connectivity index (χ4n) is 3.45. The Morgan fingerprint density at radius 2 is 1.96 bits per heavy atom. The number of hydrogen-bond donors (Lipinski definition) is 1. The van der Waals surface area contributed by atoms with Gasteiger partial charge in [0.15, 0.2) is 0 Å². The quantitative estimate of drug-likeness (QED) is 0.775. The Morgan fingerprint density at radius 3 is 2.63 bits per heavy atom. The number of rotatable bonds is 4. The molecule has 0 saturated carbocycles. The van der Waals surface area contributed by atoms with E-state index in [0.717, 1.165) is 22.6 Å². The zero-order valence-electron chi connectivity index (χ0n) is 15.4. The molecule has 0 aliphatic carbocycles. The van der Waals surface area contributed by atoms with Gasteiger partial charge in [0, 0.05) is 42.7 Å². The third-order valence-corrected chi connectivity index (χ3v) is 4.96. The first-order chi connectivity index (χ1) is 13.0. The molecule has 6 heteroatoms. The predicted octanol–water partition coefficient (Wildman–Crippen LogP) is 3.20. The van der Waals surface area contributed by atoms with E-state index in [-0.39, 0.29) is 30.2 Å². The standard InChI is InChI=1S/C21H22N4O2/c1-14(2)25-12-16(11-20(25)26)21(27)22-17-8-6-15(7-9-17)18-13-24-10-4-3-5-19(24)23-18/h3-10,13-14,16H,11-12H2,1-2H3,(H,22,27)/t16-/m1/s1. The zero-order chi connectivity index (χ0) is 19.0. The average molecular weight is 362 g/mol. The number of carbonyl (C=O) groups is 2. The lowest BCUT2D eigenvalue weighted by Gasteiger charge is -2.20. The highest BCUT2D eigenvalue weighted by Crippen LogP contribution is 2.24. The molecule has 0 radical (unpaired) electrons. The maximum Gasteiger partial charge on any atom is 0.229 e. The molecule has 0 spiro atoms. The number of aromatic nitrogens is 2. The van der Waals surface area contributed by atoms with Gasteiger partial charge in [-0.3, -0.25) is 9.59 Å². The molecule has 1 aromatic carbocycles. The second kappa shape index (κ2) is 6.87. The summed E-state index contributed by atoms with van der Waals surface area (Å²) in [5, 5.41) is 2.93. The van der Waals surface area contributed by atoms with E-state index in [4.69, 9.17) is 0 Å². The van der Waals surface area contributed by atoms with Gasteiger partial charge in [0.25, 0.3) is 0 Å². The van der Waals surface area contributed by atoms with Gasteiger partial charge in [-0.1, -0.05) is 18.2 Å². The van der Waals surface area contributed by atoms with Crippen LogP contribution in [0.5, 0.6) is 0 Å². The highest BCUT2D eigenvalue weighted by atomic mass is 16.2. The molecule has 1 fully saturated rings. The van der Waals surface area contributed by atoms with Crippen molar-refractivity contribution in [1.29, 1.82) is 0 Å². The van der Waals surface area contributed by atoms with Gasteiger partial charge in [-0.25, -0.2) is 4.98 Å². The van der Waals surface area contributed by atoms with Gasteiger partial charge in [0.1, 0.15) is 5.65 Å². The van der Waals surface area contributed by atoms with Gasteiger partial charge >= 0.3 is 0 Å². The summed E-state index contributed by atoms with van der Waals surface area (Å²) < 4.78 is 1.97. The van der Waals surface area contributed by atoms with E-state index in [1.54, 1.807) is 4.90 Å². The highest BCUT2D eigenvalue weighted by molar-refractivity contribution is 5.97. The highest BCUT2D eigenvalue weighted by Gasteiger charge is 2.35. The van der Waals surface area contributed by atoms with Gasteiger partial charge in [-0.2, -0.15) is 0 Å². The van der Waals surface area contributed by atoms with E-state index >= 15 is 0 Å². The van der Waals surface area contributed by atoms with Crippen LogP contribution in [0.2, 0.25) is 0 Å². The van der Waals surface area contributed by atoms with Crippen molar-refractivity contribution in [3.8, 4) is 11.3 Å². The summed E-state index contributed by atoms with van der Waals surface area (Å²) in [4.78, 5) is 30.9. The van der Waals surface area contributed by atoms with Crippen molar-refractivity contribution in [1.82, 2.24) is 14.3 Å². The summed E-state index contributed by atoms with van der Waals surface area (Å²) in [6.45, 7) is 4.42. The van der Waals surface area contributed by atoms with Crippen LogP contribution in [0.25, 0.3) is 16.9 Å². The van der Waals surface area contributed by atoms with E-state index in [9.17, 15) is 9.59 Å². The van der Waals surface area contributed by atoms with Crippen molar-refractivity contribution in [3.05, 3.63) is 54.9 Å². The van der Waals surface area contributed by atoms with Crippen LogP contribution in [0.4, 0.5) is 5.69 Å². The molecular weight excluding hydrogens is 340 g/mol. The fraction of sp³-hybridized carbons (Fsp3) is 0.286. The molecule has 4 rings (SSSR count). The molecule has 1 aliphatic rings. The fourth-order valence-corrected chi connectivity index (χ4v) is 3.45. The van der Waals surface area contributed by atoms with Crippen LogP contribution in [0.15, 0.2) is 54.9 Å². The molecule has 3 aromatic rings.